The Kier molecular flexibility index (Phi) is 25.9. The number of ether oxygens (including phenoxy) is 2. The minimum absolute atomic E-state index is 0.192. The summed E-state index contributed by atoms with van der Waals surface area (Å²) < 4.78 is 16.8. The summed E-state index contributed by atoms with van der Waals surface area (Å²) in [5, 5.41) is 24.0. The van der Waals surface area contributed by atoms with Gasteiger partial charge in [-0.3, -0.25) is 42.5 Å². The Morgan fingerprint density at radius 1 is 0.336 bits per heavy atom. The standard InChI is InChI=1S/2C35H31N7O2.C34H30N8O/c1-21-15-17-42-31(18-21)41-33(26-8-13-32(44-5)38-20-26)34(42)28-10-12-30(40-35(43)23(3)36-4)39-29(28)11-7-24-6-9-27-22(2)37-16-14-25(27)19-24;1-21-14-17-42-31(18-21)41-33(26-13-16-38-32(20-26)44-5)34(42)28-9-11-30(40-35(43)23(3)36-4)39-29(28)10-7-24-6-8-27-22(2)37-15-12-25(27)19-24;1-20-13-15-42-31(16-20)41-32(26-18-37-23(4)38-19-26)33(42)28-9-11-30(40-34(43)22(3)35-5)39-29(28)10-7-24-6-8-27-21(2)36-14-12-25(27)17-24/h6,8-10,12-20,23,36H,1-5H3,(H,39,40,43);6,8-9,11-20,23,36H,1-5H3,(H,39,40,43);6,8-9,11-19,22,35H,1-5H3,(H,39,40,43)/t2*23-;22-/m000/s1. The van der Waals surface area contributed by atoms with Crippen molar-refractivity contribution in [3.8, 4) is 115 Å². The molecule has 27 heteroatoms. The van der Waals surface area contributed by atoms with E-state index in [9.17, 15) is 14.4 Å². The second-order valence-electron chi connectivity index (χ2n) is 31.4. The average molecular weight is 1730 g/mol. The normalized spacial score (nSPS) is 11.7. The minimum Gasteiger partial charge on any atom is -0.481 e. The van der Waals surface area contributed by atoms with E-state index in [1.54, 1.807) is 118 Å². The van der Waals surface area contributed by atoms with E-state index in [2.05, 4.69) is 102 Å². The highest BCUT2D eigenvalue weighted by molar-refractivity contribution is 5.98. The number of anilines is 3. The monoisotopic (exact) mass is 1730 g/mol. The molecule has 3 atom stereocenters. The maximum Gasteiger partial charge on any atom is 0.242 e. The van der Waals surface area contributed by atoms with Crippen molar-refractivity contribution in [1.82, 2.24) is 93.9 Å². The number of amides is 3. The largest absolute Gasteiger partial charge is 0.481 e. The van der Waals surface area contributed by atoms with E-state index in [-0.39, 0.29) is 23.8 Å². The van der Waals surface area contributed by atoms with Crippen LogP contribution in [0.1, 0.15) is 94.1 Å². The lowest BCUT2D eigenvalue weighted by Gasteiger charge is -2.13. The minimum atomic E-state index is -0.392. The van der Waals surface area contributed by atoms with Gasteiger partial charge >= 0.3 is 0 Å². The predicted octanol–water partition coefficient (Wildman–Crippen LogP) is 16.4. The Hall–Kier alpha value is -16.6. The Morgan fingerprint density at radius 2 is 0.687 bits per heavy atom. The van der Waals surface area contributed by atoms with Crippen molar-refractivity contribution in [1.29, 1.82) is 0 Å². The first kappa shape index (κ1) is 87.8. The summed E-state index contributed by atoms with van der Waals surface area (Å²) >= 11 is 0. The van der Waals surface area contributed by atoms with Crippen LogP contribution in [0, 0.1) is 84.0 Å². The van der Waals surface area contributed by atoms with Gasteiger partial charge in [0.15, 0.2) is 0 Å². The maximum absolute atomic E-state index is 12.7. The van der Waals surface area contributed by atoms with Gasteiger partial charge < -0.3 is 41.4 Å². The van der Waals surface area contributed by atoms with Crippen LogP contribution in [0.3, 0.4) is 0 Å². The van der Waals surface area contributed by atoms with Crippen LogP contribution in [0.25, 0.3) is 117 Å². The summed E-state index contributed by atoms with van der Waals surface area (Å²) in [5.41, 5.74) is 21.8. The molecule has 0 saturated heterocycles. The van der Waals surface area contributed by atoms with E-state index >= 15 is 0 Å². The molecule has 0 unspecified atom stereocenters. The van der Waals surface area contributed by atoms with Gasteiger partial charge in [0.1, 0.15) is 63.0 Å². The average Bonchev–Trinajstić information content (AvgIpc) is 1.62. The molecule has 15 heterocycles. The molecule has 27 nitrogen and oxygen atoms in total. The molecule has 0 aliphatic heterocycles. The number of hydrogen-bond donors (Lipinski definition) is 6. The summed E-state index contributed by atoms with van der Waals surface area (Å²) in [6.07, 6.45) is 18.4. The van der Waals surface area contributed by atoms with Crippen LogP contribution in [0.15, 0.2) is 232 Å². The van der Waals surface area contributed by atoms with Crippen LogP contribution in [0.2, 0.25) is 0 Å². The second kappa shape index (κ2) is 38.7. The highest BCUT2D eigenvalue weighted by Gasteiger charge is 2.26. The van der Waals surface area contributed by atoms with Gasteiger partial charge in [0.2, 0.25) is 29.5 Å². The molecule has 648 valence electrons. The number of aryl methyl sites for hydroxylation is 7. The van der Waals surface area contributed by atoms with E-state index < -0.39 is 12.1 Å². The molecule has 3 aromatic carbocycles. The summed E-state index contributed by atoms with van der Waals surface area (Å²) in [5.74, 6) is 22.1. The summed E-state index contributed by atoms with van der Waals surface area (Å²) in [7, 11) is 8.39. The van der Waals surface area contributed by atoms with E-state index in [1.165, 1.54) is 0 Å². The van der Waals surface area contributed by atoms with Gasteiger partial charge in [0.25, 0.3) is 0 Å². The number of aromatic nitrogens is 16. The number of pyridine rings is 11. The number of carbonyl (C=O) groups is 3. The smallest absolute Gasteiger partial charge is 0.242 e. The molecule has 6 N–H and O–H groups in total. The molecular formula is C104H92N22O5. The van der Waals surface area contributed by atoms with Crippen LogP contribution < -0.4 is 41.4 Å². The fourth-order valence-corrected chi connectivity index (χ4v) is 14.8. The highest BCUT2D eigenvalue weighted by atomic mass is 16.5. The third-order valence-electron chi connectivity index (χ3n) is 22.4. The lowest BCUT2D eigenvalue weighted by Crippen LogP contribution is -2.35. The molecule has 0 radical (unpaired) electrons. The molecule has 0 aliphatic carbocycles. The molecule has 0 aliphatic rings. The summed E-state index contributed by atoms with van der Waals surface area (Å²) in [4.78, 5) is 98.4. The molecule has 0 fully saturated rings. The number of nitrogens with one attached hydrogen (secondary N) is 6. The van der Waals surface area contributed by atoms with Crippen molar-refractivity contribution in [2.75, 3.05) is 51.3 Å². The van der Waals surface area contributed by atoms with Crippen LogP contribution >= 0.6 is 0 Å². The van der Waals surface area contributed by atoms with Crippen LogP contribution in [0.4, 0.5) is 17.5 Å². The predicted molar refractivity (Wildman–Crippen MR) is 514 cm³/mol. The zero-order chi connectivity index (χ0) is 91.7. The zero-order valence-electron chi connectivity index (χ0n) is 74.9. The van der Waals surface area contributed by atoms with Gasteiger partial charge in [0.05, 0.1) is 60.8 Å². The van der Waals surface area contributed by atoms with Gasteiger partial charge in [-0.25, -0.2) is 49.8 Å². The van der Waals surface area contributed by atoms with Gasteiger partial charge in [-0.1, -0.05) is 36.0 Å². The number of imidazole rings is 3. The molecule has 18 rings (SSSR count). The second-order valence-corrected chi connectivity index (χ2v) is 31.4. The Balaban J connectivity index is 0.000000144. The van der Waals surface area contributed by atoms with Crippen molar-refractivity contribution in [2.45, 2.75) is 87.4 Å². The van der Waals surface area contributed by atoms with Gasteiger partial charge in [-0.2, -0.15) is 0 Å². The highest BCUT2D eigenvalue weighted by Crippen LogP contribution is 2.40. The molecule has 3 amide bonds. The van der Waals surface area contributed by atoms with Crippen molar-refractivity contribution >= 4 is 84.4 Å². The molecular weight excluding hydrogens is 1640 g/mol. The summed E-state index contributed by atoms with van der Waals surface area (Å²) in [6, 6.07) is 53.8. The third-order valence-corrected chi connectivity index (χ3v) is 22.4. The lowest BCUT2D eigenvalue weighted by atomic mass is 10.0. The van der Waals surface area contributed by atoms with Gasteiger partial charge in [-0.15, -0.1) is 0 Å². The van der Waals surface area contributed by atoms with Gasteiger partial charge in [-0.05, 0) is 281 Å². The third kappa shape index (κ3) is 19.4. The maximum atomic E-state index is 12.7. The van der Waals surface area contributed by atoms with Crippen molar-refractivity contribution in [3.05, 3.63) is 305 Å². The number of rotatable bonds is 17. The Bertz CT molecular complexity index is 7700. The van der Waals surface area contributed by atoms with Crippen molar-refractivity contribution in [2.24, 2.45) is 0 Å². The fourth-order valence-electron chi connectivity index (χ4n) is 14.8. The Morgan fingerprint density at radius 3 is 1.04 bits per heavy atom. The van der Waals surface area contributed by atoms with Crippen LogP contribution in [0.5, 0.6) is 11.8 Å². The van der Waals surface area contributed by atoms with E-state index in [1.807, 2.05) is 232 Å². The SMILES string of the molecule is CN[C@@H](C)C(=O)Nc1ccc(-c2c(-c3ccc(OC)nc3)nc3cc(C)ccn23)c(C#Cc2ccc3c(C)nccc3c2)n1.CN[C@@H](C)C(=O)Nc1ccc(-c2c(-c3ccnc(OC)c3)nc3cc(C)ccn23)c(C#Cc2ccc3c(C)nccc3c2)n1.CN[C@@H](C)C(=O)Nc1ccc(-c2c(-c3cnc(C)nc3)nc3cc(C)ccn23)c(C#Cc2ccc3c(C)nccc3c2)n1. The van der Waals surface area contributed by atoms with Crippen LogP contribution in [-0.2, 0) is 14.4 Å². The molecule has 131 heavy (non-hydrogen) atoms. The number of fused-ring (bicyclic) bond motifs is 6. The fraction of sp³-hybridized carbons (Fsp3) is 0.173. The number of carbonyl (C=O) groups excluding carboxylic acids is 3. The molecule has 18 aromatic rings. The number of likely N-dealkylation sites (N-methyl/N-ethyl adjacent to an activating group) is 3. The zero-order valence-corrected chi connectivity index (χ0v) is 74.9. The van der Waals surface area contributed by atoms with E-state index in [0.717, 1.165) is 162 Å². The first-order valence-corrected chi connectivity index (χ1v) is 42.4. The lowest BCUT2D eigenvalue weighted by molar-refractivity contribution is -0.118. The number of benzene rings is 3. The van der Waals surface area contributed by atoms with Crippen molar-refractivity contribution in [3.63, 3.8) is 0 Å². The topological polar surface area (TPSA) is 323 Å². The molecule has 0 bridgehead atoms. The molecule has 0 saturated carbocycles. The van der Waals surface area contributed by atoms with Crippen molar-refractivity contribution < 1.29 is 23.9 Å². The van der Waals surface area contributed by atoms with E-state index in [0.29, 0.717) is 57.8 Å². The first-order chi connectivity index (χ1) is 63.5. The number of nitrogens with zero attached hydrogens (tertiary/aromatic N) is 16. The number of methoxy groups -OCH3 is 2. The number of hydrogen-bond acceptors (Lipinski definition) is 21. The van der Waals surface area contributed by atoms with Gasteiger partial charge in [0, 0.05) is 157 Å². The van der Waals surface area contributed by atoms with E-state index in [4.69, 9.17) is 39.4 Å². The Labute approximate surface area is 756 Å². The van der Waals surface area contributed by atoms with Crippen LogP contribution in [-0.4, -0.2) is 149 Å². The first-order valence-electron chi connectivity index (χ1n) is 42.4. The quantitative estimate of drug-likeness (QED) is 0.0461. The molecule has 15 aromatic heterocycles. The summed E-state index contributed by atoms with van der Waals surface area (Å²) in [6.45, 7) is 19.3. The molecule has 0 spiro atoms.